The minimum absolute atomic E-state index is 0.0126. The normalized spacial score (nSPS) is 17.2. The first kappa shape index (κ1) is 26.1. The van der Waals surface area contributed by atoms with Gasteiger partial charge in [-0.1, -0.05) is 19.9 Å². The number of likely N-dealkylation sites (tertiary alicyclic amines) is 1. The van der Waals surface area contributed by atoms with E-state index in [0.29, 0.717) is 35.0 Å². The van der Waals surface area contributed by atoms with Gasteiger partial charge in [0.05, 0.1) is 39.0 Å². The first-order valence-corrected chi connectivity index (χ1v) is 11.5. The van der Waals surface area contributed by atoms with Crippen LogP contribution in [-0.4, -0.2) is 62.8 Å². The van der Waals surface area contributed by atoms with Crippen LogP contribution in [0.2, 0.25) is 0 Å². The average Bonchev–Trinajstić information content (AvgIpc) is 3.11. The lowest BCUT2D eigenvalue weighted by atomic mass is 9.93. The minimum atomic E-state index is -0.820. The zero-order valence-electron chi connectivity index (χ0n) is 21.1. The van der Waals surface area contributed by atoms with Crippen LogP contribution in [0.5, 0.6) is 17.2 Å². The lowest BCUT2D eigenvalue weighted by molar-refractivity contribution is -0.140. The van der Waals surface area contributed by atoms with Gasteiger partial charge in [-0.2, -0.15) is 0 Å². The Labute approximate surface area is 206 Å². The van der Waals surface area contributed by atoms with Gasteiger partial charge >= 0.3 is 0 Å². The third kappa shape index (κ3) is 5.12. The van der Waals surface area contributed by atoms with Crippen LogP contribution in [0.15, 0.2) is 42.0 Å². The Morgan fingerprint density at radius 3 is 2.29 bits per heavy atom. The van der Waals surface area contributed by atoms with Gasteiger partial charge in [0.1, 0.15) is 11.5 Å². The number of hydrogen-bond acceptors (Lipinski definition) is 7. The average molecular weight is 484 g/mol. The molecule has 2 aromatic rings. The van der Waals surface area contributed by atoms with Crippen LogP contribution in [-0.2, 0) is 14.3 Å². The van der Waals surface area contributed by atoms with Crippen molar-refractivity contribution in [3.05, 3.63) is 58.7 Å². The Hall–Kier alpha value is -3.52. The summed E-state index contributed by atoms with van der Waals surface area (Å²) in [4.78, 5) is 27.7. The Morgan fingerprint density at radius 2 is 1.69 bits per heavy atom. The van der Waals surface area contributed by atoms with Crippen LogP contribution in [0.4, 0.5) is 0 Å². The molecule has 35 heavy (non-hydrogen) atoms. The van der Waals surface area contributed by atoms with Crippen molar-refractivity contribution in [1.82, 2.24) is 4.90 Å². The number of ether oxygens (including phenoxy) is 4. The summed E-state index contributed by atoms with van der Waals surface area (Å²) in [5, 5.41) is 11.4. The predicted molar refractivity (Wildman–Crippen MR) is 132 cm³/mol. The molecule has 1 fully saturated rings. The number of nitrogens with zero attached hydrogens (tertiary/aromatic N) is 1. The van der Waals surface area contributed by atoms with Crippen molar-refractivity contribution >= 4 is 17.4 Å². The van der Waals surface area contributed by atoms with Crippen molar-refractivity contribution in [2.24, 2.45) is 0 Å². The van der Waals surface area contributed by atoms with Crippen LogP contribution in [0.3, 0.4) is 0 Å². The minimum Gasteiger partial charge on any atom is -0.507 e. The summed E-state index contributed by atoms with van der Waals surface area (Å²) in [6.07, 6.45) is 0. The van der Waals surface area contributed by atoms with Crippen molar-refractivity contribution in [2.45, 2.75) is 32.7 Å². The van der Waals surface area contributed by atoms with Gasteiger partial charge in [0.15, 0.2) is 11.5 Å². The van der Waals surface area contributed by atoms with Crippen molar-refractivity contribution in [1.29, 1.82) is 0 Å². The number of ketones is 1. The summed E-state index contributed by atoms with van der Waals surface area (Å²) >= 11 is 0. The highest BCUT2D eigenvalue weighted by molar-refractivity contribution is 6.46. The number of amides is 1. The van der Waals surface area contributed by atoms with E-state index in [-0.39, 0.29) is 30.4 Å². The van der Waals surface area contributed by atoms with E-state index >= 15 is 0 Å². The summed E-state index contributed by atoms with van der Waals surface area (Å²) in [6, 6.07) is 9.62. The molecule has 1 atom stereocenters. The van der Waals surface area contributed by atoms with Gasteiger partial charge in [-0.05, 0) is 54.3 Å². The molecule has 0 aromatic heterocycles. The van der Waals surface area contributed by atoms with Crippen molar-refractivity contribution in [2.75, 3.05) is 41.1 Å². The van der Waals surface area contributed by atoms with E-state index < -0.39 is 17.7 Å². The summed E-state index contributed by atoms with van der Waals surface area (Å²) in [7, 11) is 4.65. The summed E-state index contributed by atoms with van der Waals surface area (Å²) in [5.74, 6) is 0.126. The molecule has 0 bridgehead atoms. The number of aliphatic hydroxyl groups excluding tert-OH is 1. The van der Waals surface area contributed by atoms with E-state index in [9.17, 15) is 14.7 Å². The lowest BCUT2D eigenvalue weighted by Gasteiger charge is -2.26. The molecule has 3 rings (SSSR count). The van der Waals surface area contributed by atoms with Crippen molar-refractivity contribution < 1.29 is 33.6 Å². The Bertz CT molecular complexity index is 1120. The van der Waals surface area contributed by atoms with E-state index in [4.69, 9.17) is 18.9 Å². The molecule has 1 amide bonds. The van der Waals surface area contributed by atoms with Gasteiger partial charge in [-0.15, -0.1) is 0 Å². The van der Waals surface area contributed by atoms with Gasteiger partial charge in [-0.3, -0.25) is 9.59 Å². The lowest BCUT2D eigenvalue weighted by Crippen LogP contribution is -2.32. The maximum Gasteiger partial charge on any atom is 0.295 e. The molecule has 1 aliphatic heterocycles. The van der Waals surface area contributed by atoms with Crippen LogP contribution < -0.4 is 14.2 Å². The fraction of sp³-hybridized carbons (Fsp3) is 0.407. The SMILES string of the molecule is CCOc1cc(C2/C(=C(\O)c3ccc(OC)c(C(C)C)c3)C(=O)C(=O)N2CCOC)ccc1OC. The van der Waals surface area contributed by atoms with Crippen molar-refractivity contribution in [3.63, 3.8) is 0 Å². The van der Waals surface area contributed by atoms with Gasteiger partial charge < -0.3 is 29.0 Å². The van der Waals surface area contributed by atoms with Crippen LogP contribution in [0.1, 0.15) is 49.4 Å². The van der Waals surface area contributed by atoms with Crippen LogP contribution in [0, 0.1) is 0 Å². The zero-order chi connectivity index (χ0) is 25.7. The van der Waals surface area contributed by atoms with Gasteiger partial charge in [0, 0.05) is 19.2 Å². The molecule has 1 unspecified atom stereocenters. The quantitative estimate of drug-likeness (QED) is 0.306. The number of methoxy groups -OCH3 is 3. The van der Waals surface area contributed by atoms with Crippen molar-refractivity contribution in [3.8, 4) is 17.2 Å². The highest BCUT2D eigenvalue weighted by atomic mass is 16.5. The summed E-state index contributed by atoms with van der Waals surface area (Å²) in [5.41, 5.74) is 1.94. The number of benzene rings is 2. The second kappa shape index (κ2) is 11.3. The highest BCUT2D eigenvalue weighted by Crippen LogP contribution is 2.42. The number of Topliss-reactive ketones (excluding diaryl/α,β-unsaturated/α-hetero) is 1. The second-order valence-corrected chi connectivity index (χ2v) is 8.44. The number of carbonyl (C=O) groups excluding carboxylic acids is 2. The zero-order valence-corrected chi connectivity index (χ0v) is 21.1. The fourth-order valence-corrected chi connectivity index (χ4v) is 4.27. The van der Waals surface area contributed by atoms with Crippen LogP contribution >= 0.6 is 0 Å². The Morgan fingerprint density at radius 1 is 1.00 bits per heavy atom. The molecular weight excluding hydrogens is 450 g/mol. The molecule has 8 heteroatoms. The number of carbonyl (C=O) groups is 2. The Balaban J connectivity index is 2.22. The first-order chi connectivity index (χ1) is 16.8. The molecule has 0 radical (unpaired) electrons. The predicted octanol–water partition coefficient (Wildman–Crippen LogP) is 4.29. The Kier molecular flexibility index (Phi) is 8.40. The highest BCUT2D eigenvalue weighted by Gasteiger charge is 2.46. The van der Waals surface area contributed by atoms with Gasteiger partial charge in [-0.25, -0.2) is 0 Å². The molecule has 0 spiro atoms. The van der Waals surface area contributed by atoms with E-state index in [1.54, 1.807) is 43.5 Å². The fourth-order valence-electron chi connectivity index (χ4n) is 4.27. The third-order valence-corrected chi connectivity index (χ3v) is 6.00. The molecule has 188 valence electrons. The summed E-state index contributed by atoms with van der Waals surface area (Å²) < 4.78 is 21.7. The molecular formula is C27H33NO7. The van der Waals surface area contributed by atoms with E-state index in [0.717, 1.165) is 5.56 Å². The molecule has 1 saturated heterocycles. The maximum absolute atomic E-state index is 13.2. The van der Waals surface area contributed by atoms with E-state index in [1.165, 1.54) is 19.1 Å². The molecule has 0 saturated carbocycles. The number of aliphatic hydroxyl groups is 1. The molecule has 1 N–H and O–H groups in total. The first-order valence-electron chi connectivity index (χ1n) is 11.5. The maximum atomic E-state index is 13.2. The second-order valence-electron chi connectivity index (χ2n) is 8.44. The molecule has 1 heterocycles. The van der Waals surface area contributed by atoms with Gasteiger partial charge in [0.2, 0.25) is 0 Å². The van der Waals surface area contributed by atoms with E-state index in [1.807, 2.05) is 20.8 Å². The molecule has 1 aliphatic rings. The monoisotopic (exact) mass is 483 g/mol. The number of hydrogen-bond donors (Lipinski definition) is 1. The number of rotatable bonds is 10. The molecule has 8 nitrogen and oxygen atoms in total. The third-order valence-electron chi connectivity index (χ3n) is 6.00. The van der Waals surface area contributed by atoms with Crippen LogP contribution in [0.25, 0.3) is 5.76 Å². The molecule has 2 aromatic carbocycles. The largest absolute Gasteiger partial charge is 0.507 e. The standard InChI is InChI=1S/C27H33NO7/c1-7-35-22-15-17(8-11-21(22)34-6)24-23(26(30)27(31)28(24)12-13-32-4)25(29)18-9-10-20(33-5)19(14-18)16(2)3/h8-11,14-16,24,29H,7,12-13H2,1-6H3/b25-23+. The topological polar surface area (TPSA) is 94.5 Å². The molecule has 0 aliphatic carbocycles. The van der Waals surface area contributed by atoms with Gasteiger partial charge in [0.25, 0.3) is 11.7 Å². The summed E-state index contributed by atoms with van der Waals surface area (Å²) in [6.45, 7) is 6.70. The van der Waals surface area contributed by atoms with E-state index in [2.05, 4.69) is 0 Å². The smallest absolute Gasteiger partial charge is 0.295 e.